The largest absolute Gasteiger partial charge is 0.461 e. The van der Waals surface area contributed by atoms with Crippen LogP contribution >= 0.6 is 0 Å². The third kappa shape index (κ3) is 3.69. The minimum Gasteiger partial charge on any atom is -0.461 e. The maximum absolute atomic E-state index is 11.3. The zero-order chi connectivity index (χ0) is 12.1. The van der Waals surface area contributed by atoms with Gasteiger partial charge in [0.05, 0.1) is 5.92 Å². The van der Waals surface area contributed by atoms with E-state index in [1.54, 1.807) is 0 Å². The zero-order valence-electron chi connectivity index (χ0n) is 10.5. The summed E-state index contributed by atoms with van der Waals surface area (Å²) in [4.78, 5) is 11.3. The molecule has 1 rings (SSSR count). The lowest BCUT2D eigenvalue weighted by Gasteiger charge is -2.10. The van der Waals surface area contributed by atoms with Crippen molar-refractivity contribution in [2.24, 2.45) is 5.92 Å². The van der Waals surface area contributed by atoms with Gasteiger partial charge >= 0.3 is 5.97 Å². The molecule has 0 aliphatic heterocycles. The summed E-state index contributed by atoms with van der Waals surface area (Å²) in [6.07, 6.45) is 0. The van der Waals surface area contributed by atoms with Crippen LogP contribution in [-0.4, -0.2) is 5.97 Å². The van der Waals surface area contributed by atoms with Gasteiger partial charge in [0.1, 0.15) is 6.61 Å². The van der Waals surface area contributed by atoms with E-state index in [4.69, 9.17) is 4.74 Å². The summed E-state index contributed by atoms with van der Waals surface area (Å²) < 4.78 is 5.19. The van der Waals surface area contributed by atoms with Crippen LogP contribution in [-0.2, 0) is 16.1 Å². The Balaban J connectivity index is 2.61. The van der Waals surface area contributed by atoms with Gasteiger partial charge in [0.2, 0.25) is 0 Å². The molecule has 0 unspecified atom stereocenters. The first kappa shape index (κ1) is 12.8. The molecule has 0 bridgehead atoms. The fraction of sp³-hybridized carbons (Fsp3) is 0.500. The van der Waals surface area contributed by atoms with Crippen molar-refractivity contribution < 1.29 is 9.53 Å². The molecule has 16 heavy (non-hydrogen) atoms. The van der Waals surface area contributed by atoms with Crippen molar-refractivity contribution >= 4 is 5.97 Å². The average Bonchev–Trinajstić information content (AvgIpc) is 2.26. The van der Waals surface area contributed by atoms with Gasteiger partial charge in [0.15, 0.2) is 0 Å². The van der Waals surface area contributed by atoms with Crippen LogP contribution in [0.4, 0.5) is 0 Å². The first-order chi connectivity index (χ1) is 7.50. The number of carbonyl (C=O) groups excluding carboxylic acids is 1. The summed E-state index contributed by atoms with van der Waals surface area (Å²) >= 11 is 0. The predicted molar refractivity (Wildman–Crippen MR) is 65.2 cm³/mol. The molecular weight excluding hydrogens is 200 g/mol. The van der Waals surface area contributed by atoms with Gasteiger partial charge in [0, 0.05) is 0 Å². The van der Waals surface area contributed by atoms with Crippen molar-refractivity contribution in [1.29, 1.82) is 0 Å². The van der Waals surface area contributed by atoms with Crippen molar-refractivity contribution in [2.45, 2.75) is 40.2 Å². The molecule has 0 saturated heterocycles. The Morgan fingerprint density at radius 3 is 2.50 bits per heavy atom. The van der Waals surface area contributed by atoms with Crippen LogP contribution < -0.4 is 0 Å². The molecular formula is C14H20O2. The van der Waals surface area contributed by atoms with E-state index in [1.807, 2.05) is 26.0 Å². The van der Waals surface area contributed by atoms with Gasteiger partial charge in [-0.25, -0.2) is 0 Å². The molecule has 0 aliphatic carbocycles. The lowest BCUT2D eigenvalue weighted by molar-refractivity contribution is -0.148. The quantitative estimate of drug-likeness (QED) is 0.726. The van der Waals surface area contributed by atoms with Crippen LogP contribution in [0.25, 0.3) is 0 Å². The summed E-state index contributed by atoms with van der Waals surface area (Å²) in [6.45, 7) is 8.36. The Morgan fingerprint density at radius 2 is 1.94 bits per heavy atom. The van der Waals surface area contributed by atoms with Crippen molar-refractivity contribution in [3.63, 3.8) is 0 Å². The summed E-state index contributed by atoms with van der Waals surface area (Å²) in [5, 5.41) is 0. The molecule has 2 heteroatoms. The van der Waals surface area contributed by atoms with Gasteiger partial charge < -0.3 is 4.74 Å². The number of esters is 1. The Morgan fingerprint density at radius 1 is 1.25 bits per heavy atom. The van der Waals surface area contributed by atoms with Gasteiger partial charge in [0.25, 0.3) is 0 Å². The SMILES string of the molecule is CC(C)C(=O)OCc1cccc(C(C)C)c1. The Hall–Kier alpha value is -1.31. The van der Waals surface area contributed by atoms with Gasteiger partial charge in [-0.3, -0.25) is 4.79 Å². The van der Waals surface area contributed by atoms with E-state index >= 15 is 0 Å². The summed E-state index contributed by atoms with van der Waals surface area (Å²) in [5.41, 5.74) is 2.33. The fourth-order valence-corrected chi connectivity index (χ4v) is 1.36. The summed E-state index contributed by atoms with van der Waals surface area (Å²) in [5.74, 6) is 0.295. The van der Waals surface area contributed by atoms with E-state index in [0.29, 0.717) is 12.5 Å². The van der Waals surface area contributed by atoms with Crippen LogP contribution in [0.5, 0.6) is 0 Å². The Kier molecular flexibility index (Phi) is 4.53. The second kappa shape index (κ2) is 5.69. The monoisotopic (exact) mass is 220 g/mol. The molecule has 0 atom stereocenters. The van der Waals surface area contributed by atoms with Crippen molar-refractivity contribution in [3.05, 3.63) is 35.4 Å². The van der Waals surface area contributed by atoms with Gasteiger partial charge in [-0.1, -0.05) is 52.0 Å². The molecule has 88 valence electrons. The third-order valence-corrected chi connectivity index (χ3v) is 2.47. The summed E-state index contributed by atoms with van der Waals surface area (Å²) in [7, 11) is 0. The van der Waals surface area contributed by atoms with Gasteiger partial charge in [-0.2, -0.15) is 0 Å². The molecule has 0 amide bonds. The summed E-state index contributed by atoms with van der Waals surface area (Å²) in [6, 6.07) is 8.18. The number of ether oxygens (including phenoxy) is 1. The molecule has 0 spiro atoms. The number of carbonyl (C=O) groups is 1. The molecule has 0 fully saturated rings. The van der Waals surface area contributed by atoms with Gasteiger partial charge in [-0.05, 0) is 17.0 Å². The molecule has 1 aromatic rings. The molecule has 0 saturated carbocycles. The minimum absolute atomic E-state index is 0.0618. The second-order valence-corrected chi connectivity index (χ2v) is 4.66. The molecule has 0 N–H and O–H groups in total. The highest BCUT2D eigenvalue weighted by molar-refractivity contribution is 5.71. The first-order valence-corrected chi connectivity index (χ1v) is 5.76. The van der Waals surface area contributed by atoms with Crippen LogP contribution in [0.2, 0.25) is 0 Å². The van der Waals surface area contributed by atoms with E-state index in [1.165, 1.54) is 5.56 Å². The maximum atomic E-state index is 11.3. The normalized spacial score (nSPS) is 10.9. The lowest BCUT2D eigenvalue weighted by atomic mass is 10.0. The molecule has 2 nitrogen and oxygen atoms in total. The average molecular weight is 220 g/mol. The highest BCUT2D eigenvalue weighted by atomic mass is 16.5. The molecule has 0 heterocycles. The standard InChI is InChI=1S/C14H20O2/c1-10(2)13-7-5-6-12(8-13)9-16-14(15)11(3)4/h5-8,10-11H,9H2,1-4H3. The smallest absolute Gasteiger partial charge is 0.308 e. The van der Waals surface area contributed by atoms with E-state index in [-0.39, 0.29) is 11.9 Å². The van der Waals surface area contributed by atoms with E-state index in [0.717, 1.165) is 5.56 Å². The van der Waals surface area contributed by atoms with Crippen LogP contribution in [0, 0.1) is 5.92 Å². The number of benzene rings is 1. The van der Waals surface area contributed by atoms with Crippen LogP contribution in [0.3, 0.4) is 0 Å². The van der Waals surface area contributed by atoms with E-state index in [2.05, 4.69) is 26.0 Å². The highest BCUT2D eigenvalue weighted by Gasteiger charge is 2.08. The number of rotatable bonds is 4. The van der Waals surface area contributed by atoms with Crippen molar-refractivity contribution in [2.75, 3.05) is 0 Å². The minimum atomic E-state index is -0.144. The maximum Gasteiger partial charge on any atom is 0.308 e. The first-order valence-electron chi connectivity index (χ1n) is 5.76. The van der Waals surface area contributed by atoms with E-state index < -0.39 is 0 Å². The molecule has 0 radical (unpaired) electrons. The number of hydrogen-bond donors (Lipinski definition) is 0. The molecule has 0 aliphatic rings. The van der Waals surface area contributed by atoms with Crippen LogP contribution in [0.1, 0.15) is 44.7 Å². The third-order valence-electron chi connectivity index (χ3n) is 2.47. The fourth-order valence-electron chi connectivity index (χ4n) is 1.36. The predicted octanol–water partition coefficient (Wildman–Crippen LogP) is 3.51. The topological polar surface area (TPSA) is 26.3 Å². The van der Waals surface area contributed by atoms with Gasteiger partial charge in [-0.15, -0.1) is 0 Å². The molecule has 0 aromatic heterocycles. The number of hydrogen-bond acceptors (Lipinski definition) is 2. The van der Waals surface area contributed by atoms with Crippen molar-refractivity contribution in [1.82, 2.24) is 0 Å². The van der Waals surface area contributed by atoms with Crippen molar-refractivity contribution in [3.8, 4) is 0 Å². The Labute approximate surface area is 97.6 Å². The highest BCUT2D eigenvalue weighted by Crippen LogP contribution is 2.16. The molecule has 1 aromatic carbocycles. The zero-order valence-corrected chi connectivity index (χ0v) is 10.5. The van der Waals surface area contributed by atoms with E-state index in [9.17, 15) is 4.79 Å². The Bertz CT molecular complexity index is 354. The van der Waals surface area contributed by atoms with Crippen LogP contribution in [0.15, 0.2) is 24.3 Å². The lowest BCUT2D eigenvalue weighted by Crippen LogP contribution is -2.11. The second-order valence-electron chi connectivity index (χ2n) is 4.66.